The highest BCUT2D eigenvalue weighted by Crippen LogP contribution is 2.34. The molecule has 9 nitrogen and oxygen atoms in total. The largest absolute Gasteiger partial charge is 0.480 e. The van der Waals surface area contributed by atoms with Gasteiger partial charge in [-0.25, -0.2) is 4.52 Å². The maximum atomic E-state index is 10.1. The molecule has 4 aromatic rings. The number of hydrogen-bond acceptors (Lipinski definition) is 7. The summed E-state index contributed by atoms with van der Waals surface area (Å²) in [6.07, 6.45) is 5.67. The molecular weight excluding hydrogens is 360 g/mol. The van der Waals surface area contributed by atoms with Crippen molar-refractivity contribution < 1.29 is 14.6 Å². The van der Waals surface area contributed by atoms with Gasteiger partial charge >= 0.3 is 0 Å². The third-order valence-electron chi connectivity index (χ3n) is 5.04. The van der Waals surface area contributed by atoms with Crippen LogP contribution in [0.1, 0.15) is 6.42 Å². The molecule has 1 aliphatic rings. The van der Waals surface area contributed by atoms with Crippen molar-refractivity contribution in [1.29, 1.82) is 0 Å². The second-order valence-electron chi connectivity index (χ2n) is 6.78. The quantitative estimate of drug-likeness (QED) is 0.496. The summed E-state index contributed by atoms with van der Waals surface area (Å²) in [5, 5.41) is 18.3. The van der Waals surface area contributed by atoms with Gasteiger partial charge in [0.05, 0.1) is 36.8 Å². The summed E-state index contributed by atoms with van der Waals surface area (Å²) < 4.78 is 12.6. The van der Waals surface area contributed by atoms with Crippen LogP contribution in [0.2, 0.25) is 0 Å². The number of nitrogens with one attached hydrogen (secondary N) is 2. The van der Waals surface area contributed by atoms with Crippen LogP contribution in [0.15, 0.2) is 36.8 Å². The fourth-order valence-electron chi connectivity index (χ4n) is 3.59. The second kappa shape index (κ2) is 6.77. The van der Waals surface area contributed by atoms with Crippen molar-refractivity contribution in [3.8, 4) is 17.0 Å². The molecule has 3 N–H and O–H groups in total. The van der Waals surface area contributed by atoms with E-state index in [-0.39, 0.29) is 6.04 Å². The molecule has 0 saturated carbocycles. The smallest absolute Gasteiger partial charge is 0.228 e. The van der Waals surface area contributed by atoms with Gasteiger partial charge < -0.3 is 24.9 Å². The molecule has 0 radical (unpaired) electrons. The van der Waals surface area contributed by atoms with Gasteiger partial charge in [0, 0.05) is 30.8 Å². The molecule has 28 heavy (non-hydrogen) atoms. The van der Waals surface area contributed by atoms with Crippen molar-refractivity contribution in [3.63, 3.8) is 0 Å². The number of ether oxygens (including phenoxy) is 2. The number of rotatable bonds is 4. The van der Waals surface area contributed by atoms with Crippen LogP contribution in [0, 0.1) is 0 Å². The minimum atomic E-state index is -0.597. The number of methoxy groups -OCH3 is 1. The number of aliphatic hydroxyl groups excluding tert-OH is 1. The zero-order valence-electron chi connectivity index (χ0n) is 15.3. The predicted molar refractivity (Wildman–Crippen MR) is 103 cm³/mol. The third kappa shape index (κ3) is 2.85. The van der Waals surface area contributed by atoms with Gasteiger partial charge in [0.2, 0.25) is 11.8 Å². The molecule has 0 amide bonds. The Labute approximate surface area is 160 Å². The van der Waals surface area contributed by atoms with Gasteiger partial charge in [0.1, 0.15) is 5.65 Å². The lowest BCUT2D eigenvalue weighted by Gasteiger charge is -2.28. The van der Waals surface area contributed by atoms with Crippen molar-refractivity contribution in [2.75, 3.05) is 25.6 Å². The predicted octanol–water partition coefficient (Wildman–Crippen LogP) is 1.84. The SMILES string of the molecule is COc1nc(NC2CCOC[C@H]2O)nc2[nH]cc(-c3ccn4nccc4c3)c12. The maximum absolute atomic E-state index is 10.1. The molecular formula is C19H20N6O3. The van der Waals surface area contributed by atoms with E-state index in [9.17, 15) is 5.11 Å². The number of pyridine rings is 1. The van der Waals surface area contributed by atoms with E-state index in [2.05, 4.69) is 31.4 Å². The molecule has 9 heteroatoms. The normalized spacial score (nSPS) is 19.9. The van der Waals surface area contributed by atoms with Gasteiger partial charge in [-0.15, -0.1) is 0 Å². The minimum Gasteiger partial charge on any atom is -0.480 e. The van der Waals surface area contributed by atoms with Gasteiger partial charge in [-0.1, -0.05) is 0 Å². The first-order chi connectivity index (χ1) is 13.7. The average Bonchev–Trinajstić information content (AvgIpc) is 3.35. The Bertz CT molecular complexity index is 1140. The van der Waals surface area contributed by atoms with E-state index in [4.69, 9.17) is 9.47 Å². The summed E-state index contributed by atoms with van der Waals surface area (Å²) in [5.74, 6) is 0.883. The van der Waals surface area contributed by atoms with Gasteiger partial charge in [-0.2, -0.15) is 15.1 Å². The standard InChI is InChI=1S/C19H20N6O3/c1-27-18-16-13(11-3-6-25-12(8-11)2-5-21-25)9-20-17(16)23-19(24-18)22-14-4-7-28-10-15(14)26/h2-3,5-6,8-9,14-15,26H,4,7,10H2,1H3,(H2,20,22,23,24)/t14?,15-/m1/s1. The zero-order chi connectivity index (χ0) is 19.1. The van der Waals surface area contributed by atoms with Gasteiger partial charge in [0.15, 0.2) is 0 Å². The number of aliphatic hydroxyl groups is 1. The van der Waals surface area contributed by atoms with Crippen LogP contribution in [-0.2, 0) is 4.74 Å². The molecule has 4 aromatic heterocycles. The van der Waals surface area contributed by atoms with Crippen molar-refractivity contribution in [2.45, 2.75) is 18.6 Å². The lowest BCUT2D eigenvalue weighted by atomic mass is 10.1. The van der Waals surface area contributed by atoms with E-state index in [1.165, 1.54) is 0 Å². The first-order valence-corrected chi connectivity index (χ1v) is 9.12. The molecule has 1 fully saturated rings. The third-order valence-corrected chi connectivity index (χ3v) is 5.04. The molecule has 0 aromatic carbocycles. The van der Waals surface area contributed by atoms with Crippen LogP contribution in [0.25, 0.3) is 27.7 Å². The highest BCUT2D eigenvalue weighted by molar-refractivity contribution is 5.98. The molecule has 144 valence electrons. The summed E-state index contributed by atoms with van der Waals surface area (Å²) in [4.78, 5) is 12.3. The van der Waals surface area contributed by atoms with Crippen LogP contribution >= 0.6 is 0 Å². The Morgan fingerprint density at radius 3 is 3.14 bits per heavy atom. The van der Waals surface area contributed by atoms with E-state index in [1.54, 1.807) is 13.3 Å². The Morgan fingerprint density at radius 2 is 2.29 bits per heavy atom. The maximum Gasteiger partial charge on any atom is 0.228 e. The van der Waals surface area contributed by atoms with E-state index in [0.717, 1.165) is 22.0 Å². The molecule has 0 bridgehead atoms. The molecule has 2 atom stereocenters. The number of H-pyrrole nitrogens is 1. The fourth-order valence-corrected chi connectivity index (χ4v) is 3.59. The van der Waals surface area contributed by atoms with E-state index in [1.807, 2.05) is 29.0 Å². The topological polar surface area (TPSA) is 110 Å². The highest BCUT2D eigenvalue weighted by Gasteiger charge is 2.25. The molecule has 5 rings (SSSR count). The van der Waals surface area contributed by atoms with Crippen LogP contribution < -0.4 is 10.1 Å². The fraction of sp³-hybridized carbons (Fsp3) is 0.316. The van der Waals surface area contributed by atoms with Crippen molar-refractivity contribution in [1.82, 2.24) is 24.6 Å². The van der Waals surface area contributed by atoms with E-state index < -0.39 is 6.10 Å². The number of hydrogen-bond donors (Lipinski definition) is 3. The van der Waals surface area contributed by atoms with Gasteiger partial charge in [-0.3, -0.25) is 0 Å². The zero-order valence-corrected chi connectivity index (χ0v) is 15.3. The molecule has 1 aliphatic heterocycles. The highest BCUT2D eigenvalue weighted by atomic mass is 16.5. The molecule has 5 heterocycles. The number of aromatic amines is 1. The minimum absolute atomic E-state index is 0.158. The van der Waals surface area contributed by atoms with E-state index in [0.29, 0.717) is 37.1 Å². The number of nitrogens with zero attached hydrogens (tertiary/aromatic N) is 4. The van der Waals surface area contributed by atoms with Gasteiger partial charge in [0.25, 0.3) is 0 Å². The van der Waals surface area contributed by atoms with Crippen LogP contribution in [0.5, 0.6) is 5.88 Å². The van der Waals surface area contributed by atoms with Crippen LogP contribution in [-0.4, -0.2) is 62.1 Å². The monoisotopic (exact) mass is 380 g/mol. The molecule has 1 unspecified atom stereocenters. The van der Waals surface area contributed by atoms with Crippen LogP contribution in [0.4, 0.5) is 5.95 Å². The average molecular weight is 380 g/mol. The van der Waals surface area contributed by atoms with E-state index >= 15 is 0 Å². The van der Waals surface area contributed by atoms with Crippen molar-refractivity contribution in [3.05, 3.63) is 36.8 Å². The van der Waals surface area contributed by atoms with Crippen molar-refractivity contribution >= 4 is 22.5 Å². The van der Waals surface area contributed by atoms with Crippen molar-refractivity contribution in [2.24, 2.45) is 0 Å². The Hall–Kier alpha value is -3.17. The number of aromatic nitrogens is 5. The lowest BCUT2D eigenvalue weighted by Crippen LogP contribution is -2.42. The Morgan fingerprint density at radius 1 is 1.36 bits per heavy atom. The Balaban J connectivity index is 1.55. The summed E-state index contributed by atoms with van der Waals surface area (Å²) in [5.41, 5.74) is 3.63. The molecule has 0 aliphatic carbocycles. The second-order valence-corrected chi connectivity index (χ2v) is 6.78. The van der Waals surface area contributed by atoms with Gasteiger partial charge in [-0.05, 0) is 30.2 Å². The summed E-state index contributed by atoms with van der Waals surface area (Å²) >= 11 is 0. The number of fused-ring (bicyclic) bond motifs is 2. The Kier molecular flexibility index (Phi) is 4.10. The summed E-state index contributed by atoms with van der Waals surface area (Å²) in [6.45, 7) is 0.901. The van der Waals surface area contributed by atoms with Crippen LogP contribution in [0.3, 0.4) is 0 Å². The lowest BCUT2D eigenvalue weighted by molar-refractivity contribution is -0.0136. The summed E-state index contributed by atoms with van der Waals surface area (Å²) in [7, 11) is 1.59. The number of anilines is 1. The summed E-state index contributed by atoms with van der Waals surface area (Å²) in [6, 6.07) is 5.84. The molecule has 0 spiro atoms. The molecule has 1 saturated heterocycles. The first kappa shape index (κ1) is 17.0. The first-order valence-electron chi connectivity index (χ1n) is 9.12.